The molecule has 0 aromatic heterocycles. The Hall–Kier alpha value is -1.30. The molecule has 10 heteroatoms. The number of rotatable bonds is 43. The third-order valence-corrected chi connectivity index (χ3v) is 12.0. The van der Waals surface area contributed by atoms with Crippen LogP contribution < -0.4 is 0 Å². The Kier molecular flexibility index (Phi) is 38.5. The van der Waals surface area contributed by atoms with E-state index < -0.39 is 49.4 Å². The van der Waals surface area contributed by atoms with Crippen molar-refractivity contribution in [2.45, 2.75) is 282 Å². The van der Waals surface area contributed by atoms with Gasteiger partial charge in [-0.05, 0) is 12.8 Å². The van der Waals surface area contributed by atoms with Crippen LogP contribution in [0.5, 0.6) is 0 Å². The van der Waals surface area contributed by atoms with Gasteiger partial charge in [0.1, 0.15) is 31.0 Å². The zero-order valence-corrected chi connectivity index (χ0v) is 38.3. The quantitative estimate of drug-likeness (QED) is 0.0345. The lowest BCUT2D eigenvalue weighted by Crippen LogP contribution is -2.59. The molecule has 1 aliphatic heterocycles. The molecular weight excluding hydrogens is 749 g/mol. The second kappa shape index (κ2) is 40.8. The van der Waals surface area contributed by atoms with Crippen molar-refractivity contribution in [3.05, 3.63) is 0 Å². The van der Waals surface area contributed by atoms with E-state index in [2.05, 4.69) is 13.8 Å². The minimum Gasteiger partial charge on any atom is -0.462 e. The molecule has 1 heterocycles. The molecule has 10 nitrogen and oxygen atoms in total. The SMILES string of the molecule is CCCCCCCCCCCCCCCCCCCCCC(=O)OC(COC(=O)CCCCCCCCCCCCCCCCC)CO[C@@H]1O[C@H](CO)[C@@H](O)[C@H](O)[C@H]1O. The number of esters is 2. The van der Waals surface area contributed by atoms with Crippen LogP contribution in [0.15, 0.2) is 0 Å². The van der Waals surface area contributed by atoms with Crippen LogP contribution in [-0.2, 0) is 28.5 Å². The van der Waals surface area contributed by atoms with Gasteiger partial charge >= 0.3 is 11.9 Å². The van der Waals surface area contributed by atoms with E-state index in [4.69, 9.17) is 18.9 Å². The lowest BCUT2D eigenvalue weighted by molar-refractivity contribution is -0.305. The van der Waals surface area contributed by atoms with Crippen LogP contribution >= 0.6 is 0 Å². The molecular formula is C49H94O10. The number of unbranched alkanes of at least 4 members (excludes halogenated alkanes) is 32. The molecule has 350 valence electrons. The van der Waals surface area contributed by atoms with Crippen LogP contribution in [0.25, 0.3) is 0 Å². The fraction of sp³-hybridized carbons (Fsp3) is 0.959. The number of hydrogen-bond acceptors (Lipinski definition) is 10. The Balaban J connectivity index is 2.25. The predicted molar refractivity (Wildman–Crippen MR) is 238 cm³/mol. The molecule has 1 rings (SSSR count). The van der Waals surface area contributed by atoms with Crippen LogP contribution in [0.1, 0.15) is 245 Å². The maximum absolute atomic E-state index is 12.8. The summed E-state index contributed by atoms with van der Waals surface area (Å²) in [5, 5.41) is 40.2. The number of aliphatic hydroxyl groups is 4. The molecule has 0 aromatic carbocycles. The van der Waals surface area contributed by atoms with Crippen LogP contribution in [0, 0.1) is 0 Å². The normalized spacial score (nSPS) is 19.9. The van der Waals surface area contributed by atoms with Crippen molar-refractivity contribution in [1.29, 1.82) is 0 Å². The number of carbonyl (C=O) groups excluding carboxylic acids is 2. The minimum atomic E-state index is -1.59. The highest BCUT2D eigenvalue weighted by molar-refractivity contribution is 5.70. The van der Waals surface area contributed by atoms with Crippen molar-refractivity contribution in [3.8, 4) is 0 Å². The predicted octanol–water partition coefficient (Wildman–Crippen LogP) is 11.3. The minimum absolute atomic E-state index is 0.208. The molecule has 1 saturated heterocycles. The first kappa shape index (κ1) is 55.7. The number of carbonyl (C=O) groups is 2. The van der Waals surface area contributed by atoms with Gasteiger partial charge in [-0.3, -0.25) is 9.59 Å². The molecule has 6 atom stereocenters. The van der Waals surface area contributed by atoms with E-state index in [0.29, 0.717) is 6.42 Å². The van der Waals surface area contributed by atoms with Crippen molar-refractivity contribution in [3.63, 3.8) is 0 Å². The van der Waals surface area contributed by atoms with Crippen molar-refractivity contribution in [2.75, 3.05) is 19.8 Å². The zero-order valence-electron chi connectivity index (χ0n) is 38.3. The van der Waals surface area contributed by atoms with E-state index in [0.717, 1.165) is 38.5 Å². The summed E-state index contributed by atoms with van der Waals surface area (Å²) < 4.78 is 22.2. The van der Waals surface area contributed by atoms with Crippen molar-refractivity contribution >= 4 is 11.9 Å². The van der Waals surface area contributed by atoms with Crippen molar-refractivity contribution in [1.82, 2.24) is 0 Å². The van der Waals surface area contributed by atoms with Gasteiger partial charge in [0.25, 0.3) is 0 Å². The second-order valence-corrected chi connectivity index (χ2v) is 17.6. The summed E-state index contributed by atoms with van der Waals surface area (Å²) in [6.07, 6.45) is 35.4. The van der Waals surface area contributed by atoms with E-state index >= 15 is 0 Å². The Bertz CT molecular complexity index is 932. The standard InChI is InChI=1S/C49H94O10/c1-3-5-7-9-11-13-15-17-19-20-21-22-24-26-28-30-32-34-36-38-45(52)58-42(41-57-49-48(55)47(54)46(53)43(39-50)59-49)40-56-44(51)37-35-33-31-29-27-25-23-18-16-14-12-10-8-6-4-2/h42-43,46-50,53-55H,3-41H2,1-2H3/t42?,43-,46-,47+,48-,49-/m1/s1. The summed E-state index contributed by atoms with van der Waals surface area (Å²) in [6, 6.07) is 0. The number of ether oxygens (including phenoxy) is 4. The molecule has 0 saturated carbocycles. The lowest BCUT2D eigenvalue weighted by atomic mass is 9.99. The lowest BCUT2D eigenvalue weighted by Gasteiger charge is -2.39. The zero-order chi connectivity index (χ0) is 43.0. The molecule has 1 unspecified atom stereocenters. The fourth-order valence-corrected chi connectivity index (χ4v) is 8.01. The van der Waals surface area contributed by atoms with Crippen molar-refractivity contribution in [2.24, 2.45) is 0 Å². The van der Waals surface area contributed by atoms with Crippen LogP contribution in [0.4, 0.5) is 0 Å². The first-order chi connectivity index (χ1) is 28.8. The van der Waals surface area contributed by atoms with Gasteiger partial charge in [-0.2, -0.15) is 0 Å². The summed E-state index contributed by atoms with van der Waals surface area (Å²) in [5.74, 6) is -0.787. The summed E-state index contributed by atoms with van der Waals surface area (Å²) in [5.41, 5.74) is 0. The molecule has 0 bridgehead atoms. The molecule has 1 aliphatic rings. The first-order valence-electron chi connectivity index (χ1n) is 25.1. The van der Waals surface area contributed by atoms with Crippen molar-refractivity contribution < 1.29 is 49.0 Å². The van der Waals surface area contributed by atoms with E-state index in [9.17, 15) is 30.0 Å². The van der Waals surface area contributed by atoms with Crippen LogP contribution in [-0.4, -0.2) is 89.0 Å². The van der Waals surface area contributed by atoms with E-state index in [1.165, 1.54) is 173 Å². The summed E-state index contributed by atoms with van der Waals surface area (Å²) in [7, 11) is 0. The van der Waals surface area contributed by atoms with Gasteiger partial charge in [0.15, 0.2) is 12.4 Å². The van der Waals surface area contributed by atoms with Gasteiger partial charge in [-0.25, -0.2) is 0 Å². The highest BCUT2D eigenvalue weighted by Gasteiger charge is 2.44. The fourth-order valence-electron chi connectivity index (χ4n) is 8.01. The van der Waals surface area contributed by atoms with E-state index in [1.54, 1.807) is 0 Å². The average molecular weight is 843 g/mol. The summed E-state index contributed by atoms with van der Waals surface area (Å²) in [6.45, 7) is 3.47. The van der Waals surface area contributed by atoms with Gasteiger partial charge in [-0.1, -0.05) is 219 Å². The molecule has 59 heavy (non-hydrogen) atoms. The number of aliphatic hydroxyl groups excluding tert-OH is 4. The van der Waals surface area contributed by atoms with Crippen LogP contribution in [0.2, 0.25) is 0 Å². The molecule has 0 spiro atoms. The number of hydrogen-bond donors (Lipinski definition) is 4. The van der Waals surface area contributed by atoms with Crippen LogP contribution in [0.3, 0.4) is 0 Å². The molecule has 0 radical (unpaired) electrons. The highest BCUT2D eigenvalue weighted by atomic mass is 16.7. The third-order valence-electron chi connectivity index (χ3n) is 12.0. The molecule has 1 fully saturated rings. The van der Waals surface area contributed by atoms with Gasteiger partial charge in [0.05, 0.1) is 13.2 Å². The summed E-state index contributed by atoms with van der Waals surface area (Å²) >= 11 is 0. The Morgan fingerprint density at radius 2 is 0.797 bits per heavy atom. The molecule has 0 aromatic rings. The highest BCUT2D eigenvalue weighted by Crippen LogP contribution is 2.23. The first-order valence-corrected chi connectivity index (χ1v) is 25.1. The second-order valence-electron chi connectivity index (χ2n) is 17.6. The van der Waals surface area contributed by atoms with Gasteiger partial charge < -0.3 is 39.4 Å². The van der Waals surface area contributed by atoms with Gasteiger partial charge in [-0.15, -0.1) is 0 Å². The van der Waals surface area contributed by atoms with E-state index in [1.807, 2.05) is 0 Å². The Morgan fingerprint density at radius 1 is 0.458 bits per heavy atom. The maximum Gasteiger partial charge on any atom is 0.306 e. The maximum atomic E-state index is 12.8. The Labute approximate surface area is 361 Å². The van der Waals surface area contributed by atoms with Gasteiger partial charge in [0.2, 0.25) is 0 Å². The Morgan fingerprint density at radius 3 is 1.15 bits per heavy atom. The smallest absolute Gasteiger partial charge is 0.306 e. The largest absolute Gasteiger partial charge is 0.462 e. The molecule has 4 N–H and O–H groups in total. The van der Waals surface area contributed by atoms with Gasteiger partial charge in [0, 0.05) is 12.8 Å². The van der Waals surface area contributed by atoms with E-state index in [-0.39, 0.29) is 32.0 Å². The monoisotopic (exact) mass is 843 g/mol. The summed E-state index contributed by atoms with van der Waals surface area (Å²) in [4.78, 5) is 25.4. The average Bonchev–Trinajstić information content (AvgIpc) is 3.23. The third kappa shape index (κ3) is 32.1. The molecule has 0 amide bonds. The molecule has 0 aliphatic carbocycles. The topological polar surface area (TPSA) is 152 Å².